The van der Waals surface area contributed by atoms with Crippen molar-refractivity contribution in [2.75, 3.05) is 13.2 Å². The molecule has 0 saturated carbocycles. The minimum absolute atomic E-state index is 0.0646. The molecule has 1 fully saturated rings. The summed E-state index contributed by atoms with van der Waals surface area (Å²) in [5.74, 6) is -1.45. The Bertz CT molecular complexity index is 959. The molecular formula is C24H26N2O5. The van der Waals surface area contributed by atoms with Crippen LogP contribution in [-0.2, 0) is 14.3 Å². The number of aliphatic carboxylic acids is 1. The van der Waals surface area contributed by atoms with Crippen LogP contribution in [0, 0.1) is 0 Å². The molecule has 2 aromatic carbocycles. The molecule has 1 aliphatic carbocycles. The van der Waals surface area contributed by atoms with E-state index in [1.807, 2.05) is 43.3 Å². The van der Waals surface area contributed by atoms with E-state index in [4.69, 9.17) is 4.74 Å². The number of carbonyl (C=O) groups excluding carboxylic acids is 2. The van der Waals surface area contributed by atoms with Gasteiger partial charge in [0.1, 0.15) is 18.7 Å². The molecule has 2 atom stereocenters. The standard InChI is InChI=1S/C24H26N2O5/c1-2-7-20(22(27)26-13-12-21(26)23(28)29)25-24(30)31-14-19-17-10-5-3-8-15(17)16-9-4-6-11-18(16)19/h3-6,8-11,19-21H,2,7,12-14H2,1H3,(H,25,30)(H,28,29)/t20-,21?/m0/s1. The van der Waals surface area contributed by atoms with Crippen LogP contribution in [0.25, 0.3) is 11.1 Å². The first-order valence-corrected chi connectivity index (χ1v) is 10.7. The molecule has 31 heavy (non-hydrogen) atoms. The van der Waals surface area contributed by atoms with E-state index >= 15 is 0 Å². The van der Waals surface area contributed by atoms with E-state index in [0.717, 1.165) is 22.3 Å². The van der Waals surface area contributed by atoms with Crippen LogP contribution in [0.3, 0.4) is 0 Å². The summed E-state index contributed by atoms with van der Waals surface area (Å²) in [4.78, 5) is 37.8. The molecule has 7 heteroatoms. The van der Waals surface area contributed by atoms with E-state index < -0.39 is 24.1 Å². The van der Waals surface area contributed by atoms with Crippen molar-refractivity contribution >= 4 is 18.0 Å². The van der Waals surface area contributed by atoms with E-state index in [0.29, 0.717) is 25.8 Å². The smallest absolute Gasteiger partial charge is 0.407 e. The van der Waals surface area contributed by atoms with Gasteiger partial charge < -0.3 is 20.1 Å². The average Bonchev–Trinajstić information content (AvgIpc) is 3.04. The highest BCUT2D eigenvalue weighted by Crippen LogP contribution is 2.44. The number of nitrogens with zero attached hydrogens (tertiary/aromatic N) is 1. The second kappa shape index (κ2) is 8.79. The van der Waals surface area contributed by atoms with Gasteiger partial charge in [-0.15, -0.1) is 0 Å². The fourth-order valence-electron chi connectivity index (χ4n) is 4.44. The zero-order valence-electron chi connectivity index (χ0n) is 17.4. The van der Waals surface area contributed by atoms with Crippen molar-refractivity contribution in [3.8, 4) is 11.1 Å². The van der Waals surface area contributed by atoms with Crippen molar-refractivity contribution in [2.24, 2.45) is 0 Å². The van der Waals surface area contributed by atoms with Gasteiger partial charge in [0.2, 0.25) is 5.91 Å². The number of amides is 2. The fraction of sp³-hybridized carbons (Fsp3) is 0.375. The van der Waals surface area contributed by atoms with Crippen LogP contribution in [0.15, 0.2) is 48.5 Å². The lowest BCUT2D eigenvalue weighted by molar-refractivity contribution is -0.158. The van der Waals surface area contributed by atoms with Crippen molar-refractivity contribution in [1.82, 2.24) is 10.2 Å². The van der Waals surface area contributed by atoms with Crippen molar-refractivity contribution < 1.29 is 24.2 Å². The van der Waals surface area contributed by atoms with Gasteiger partial charge >= 0.3 is 12.1 Å². The van der Waals surface area contributed by atoms with Crippen LogP contribution in [0.4, 0.5) is 4.79 Å². The number of nitrogens with one attached hydrogen (secondary N) is 1. The van der Waals surface area contributed by atoms with Gasteiger partial charge in [-0.3, -0.25) is 4.79 Å². The minimum atomic E-state index is -1.02. The van der Waals surface area contributed by atoms with E-state index in [2.05, 4.69) is 17.4 Å². The number of likely N-dealkylation sites (tertiary alicyclic amines) is 1. The number of hydrogen-bond acceptors (Lipinski definition) is 4. The second-order valence-electron chi connectivity index (χ2n) is 7.99. The summed E-state index contributed by atoms with van der Waals surface area (Å²) in [5.41, 5.74) is 4.51. The zero-order valence-corrected chi connectivity index (χ0v) is 17.4. The molecule has 0 radical (unpaired) electrons. The highest BCUT2D eigenvalue weighted by molar-refractivity contribution is 5.90. The number of ether oxygens (including phenoxy) is 1. The van der Waals surface area contributed by atoms with Gasteiger partial charge in [0, 0.05) is 12.5 Å². The highest BCUT2D eigenvalue weighted by atomic mass is 16.5. The third-order valence-electron chi connectivity index (χ3n) is 6.10. The Morgan fingerprint density at radius 3 is 2.23 bits per heavy atom. The summed E-state index contributed by atoms with van der Waals surface area (Å²) >= 11 is 0. The van der Waals surface area contributed by atoms with Crippen molar-refractivity contribution in [1.29, 1.82) is 0 Å². The van der Waals surface area contributed by atoms with Gasteiger partial charge in [0.25, 0.3) is 0 Å². The first kappa shape index (κ1) is 20.9. The molecule has 2 amide bonds. The van der Waals surface area contributed by atoms with Crippen molar-refractivity contribution in [2.45, 2.75) is 44.2 Å². The van der Waals surface area contributed by atoms with Crippen LogP contribution in [0.2, 0.25) is 0 Å². The number of hydrogen-bond donors (Lipinski definition) is 2. The van der Waals surface area contributed by atoms with Crippen LogP contribution in [0.1, 0.15) is 43.2 Å². The molecule has 0 spiro atoms. The van der Waals surface area contributed by atoms with Crippen molar-refractivity contribution in [3.63, 3.8) is 0 Å². The predicted octanol–water partition coefficient (Wildman–Crippen LogP) is 3.38. The summed E-state index contributed by atoms with van der Waals surface area (Å²) in [6.45, 7) is 2.46. The largest absolute Gasteiger partial charge is 0.480 e. The third-order valence-corrected chi connectivity index (χ3v) is 6.10. The first-order valence-electron chi connectivity index (χ1n) is 10.7. The lowest BCUT2D eigenvalue weighted by atomic mass is 9.98. The number of fused-ring (bicyclic) bond motifs is 3. The van der Waals surface area contributed by atoms with Gasteiger partial charge in [0.15, 0.2) is 0 Å². The summed E-state index contributed by atoms with van der Waals surface area (Å²) in [6, 6.07) is 14.5. The highest BCUT2D eigenvalue weighted by Gasteiger charge is 2.40. The summed E-state index contributed by atoms with van der Waals surface area (Å²) in [6.07, 6.45) is 0.864. The molecule has 1 aliphatic heterocycles. The molecule has 4 rings (SSSR count). The maximum absolute atomic E-state index is 12.7. The molecule has 7 nitrogen and oxygen atoms in total. The molecular weight excluding hydrogens is 396 g/mol. The van der Waals surface area contributed by atoms with Gasteiger partial charge in [-0.2, -0.15) is 0 Å². The minimum Gasteiger partial charge on any atom is -0.480 e. The number of carbonyl (C=O) groups is 3. The molecule has 2 aliphatic rings. The molecule has 0 bridgehead atoms. The van der Waals surface area contributed by atoms with E-state index in [1.54, 1.807) is 0 Å². The molecule has 2 N–H and O–H groups in total. The van der Waals surface area contributed by atoms with Crippen LogP contribution < -0.4 is 5.32 Å². The molecule has 1 saturated heterocycles. The molecule has 0 aromatic heterocycles. The molecule has 1 unspecified atom stereocenters. The Morgan fingerprint density at radius 2 is 1.71 bits per heavy atom. The SMILES string of the molecule is CCC[C@H](NC(=O)OCC1c2ccccc2-c2ccccc21)C(=O)N1CCC1C(=O)O. The summed E-state index contributed by atoms with van der Waals surface area (Å²) < 4.78 is 5.54. The van der Waals surface area contributed by atoms with E-state index in [-0.39, 0.29) is 18.4 Å². The molecule has 1 heterocycles. The summed E-state index contributed by atoms with van der Waals surface area (Å²) in [5, 5.41) is 11.9. The Balaban J connectivity index is 1.41. The number of rotatable bonds is 7. The van der Waals surface area contributed by atoms with Gasteiger partial charge in [-0.05, 0) is 35.1 Å². The average molecular weight is 422 g/mol. The molecule has 2 aromatic rings. The maximum atomic E-state index is 12.7. The third kappa shape index (κ3) is 4.00. The second-order valence-corrected chi connectivity index (χ2v) is 7.99. The van der Waals surface area contributed by atoms with E-state index in [9.17, 15) is 19.5 Å². The number of alkyl carbamates (subject to hydrolysis) is 1. The number of benzene rings is 2. The fourth-order valence-corrected chi connectivity index (χ4v) is 4.44. The number of carboxylic acids is 1. The molecule has 162 valence electrons. The normalized spacial score (nSPS) is 17.8. The first-order chi connectivity index (χ1) is 15.0. The lowest BCUT2D eigenvalue weighted by Crippen LogP contribution is -2.60. The summed E-state index contributed by atoms with van der Waals surface area (Å²) in [7, 11) is 0. The van der Waals surface area contributed by atoms with Gasteiger partial charge in [-0.25, -0.2) is 9.59 Å². The Labute approximate surface area is 181 Å². The Morgan fingerprint density at radius 1 is 1.10 bits per heavy atom. The van der Waals surface area contributed by atoms with Crippen LogP contribution in [-0.4, -0.2) is 53.2 Å². The van der Waals surface area contributed by atoms with E-state index in [1.165, 1.54) is 4.90 Å². The van der Waals surface area contributed by atoms with Crippen LogP contribution in [0.5, 0.6) is 0 Å². The predicted molar refractivity (Wildman–Crippen MR) is 115 cm³/mol. The Kier molecular flexibility index (Phi) is 5.93. The quantitative estimate of drug-likeness (QED) is 0.713. The van der Waals surface area contributed by atoms with Crippen molar-refractivity contribution in [3.05, 3.63) is 59.7 Å². The lowest BCUT2D eigenvalue weighted by Gasteiger charge is -2.40. The van der Waals surface area contributed by atoms with Gasteiger partial charge in [-0.1, -0.05) is 61.9 Å². The zero-order chi connectivity index (χ0) is 22.0. The maximum Gasteiger partial charge on any atom is 0.407 e. The topological polar surface area (TPSA) is 95.9 Å². The Hall–Kier alpha value is -3.35. The van der Waals surface area contributed by atoms with Crippen LogP contribution >= 0.6 is 0 Å². The number of carboxylic acid groups (broad SMARTS) is 1. The van der Waals surface area contributed by atoms with Gasteiger partial charge in [0.05, 0.1) is 0 Å². The monoisotopic (exact) mass is 422 g/mol.